The average Bonchev–Trinajstić information content (AvgIpc) is 2.47. The third kappa shape index (κ3) is 3.68. The van der Waals surface area contributed by atoms with Crippen LogP contribution in [0.1, 0.15) is 21.5 Å². The Morgan fingerprint density at radius 1 is 1.10 bits per heavy atom. The molecule has 3 nitrogen and oxygen atoms in total. The zero-order valence-electron chi connectivity index (χ0n) is 11.8. The summed E-state index contributed by atoms with van der Waals surface area (Å²) in [5.41, 5.74) is 2.71. The van der Waals surface area contributed by atoms with Crippen molar-refractivity contribution in [1.29, 1.82) is 0 Å². The summed E-state index contributed by atoms with van der Waals surface area (Å²) in [5, 5.41) is 0. The monoisotopic (exact) mass is 270 g/mol. The SMILES string of the molecule is COCC(=O)c1ccc(OCc2ccccc2)c(C)c1. The molecule has 0 aliphatic heterocycles. The maximum atomic E-state index is 11.7. The van der Waals surface area contributed by atoms with Crippen molar-refractivity contribution in [3.8, 4) is 5.75 Å². The lowest BCUT2D eigenvalue weighted by molar-refractivity contribution is 0.0848. The molecule has 2 aromatic carbocycles. The van der Waals surface area contributed by atoms with E-state index in [0.29, 0.717) is 12.2 Å². The number of benzene rings is 2. The van der Waals surface area contributed by atoms with Crippen LogP contribution < -0.4 is 4.74 Å². The highest BCUT2D eigenvalue weighted by molar-refractivity contribution is 5.97. The van der Waals surface area contributed by atoms with Crippen molar-refractivity contribution in [2.75, 3.05) is 13.7 Å². The van der Waals surface area contributed by atoms with Crippen LogP contribution in [0.2, 0.25) is 0 Å². The zero-order valence-corrected chi connectivity index (χ0v) is 11.8. The smallest absolute Gasteiger partial charge is 0.188 e. The molecule has 0 N–H and O–H groups in total. The van der Waals surface area contributed by atoms with Crippen molar-refractivity contribution in [3.63, 3.8) is 0 Å². The number of rotatable bonds is 6. The fourth-order valence-electron chi connectivity index (χ4n) is 1.93. The van der Waals surface area contributed by atoms with Crippen LogP contribution in [-0.2, 0) is 11.3 Å². The maximum Gasteiger partial charge on any atom is 0.188 e. The van der Waals surface area contributed by atoms with Gasteiger partial charge in [0.15, 0.2) is 5.78 Å². The van der Waals surface area contributed by atoms with Gasteiger partial charge < -0.3 is 9.47 Å². The Balaban J connectivity index is 2.04. The molecule has 0 heterocycles. The first kappa shape index (κ1) is 14.3. The molecule has 2 aromatic rings. The first-order chi connectivity index (χ1) is 9.70. The number of Topliss-reactive ketones (excluding diaryl/α,β-unsaturated/α-hetero) is 1. The third-order valence-electron chi connectivity index (χ3n) is 3.01. The van der Waals surface area contributed by atoms with Crippen molar-refractivity contribution in [2.24, 2.45) is 0 Å². The second-order valence-corrected chi connectivity index (χ2v) is 4.61. The van der Waals surface area contributed by atoms with Gasteiger partial charge in [-0.3, -0.25) is 4.79 Å². The molecule has 104 valence electrons. The normalized spacial score (nSPS) is 10.3. The van der Waals surface area contributed by atoms with Gasteiger partial charge in [0.25, 0.3) is 0 Å². The van der Waals surface area contributed by atoms with Crippen molar-refractivity contribution in [3.05, 3.63) is 65.2 Å². The van der Waals surface area contributed by atoms with Crippen LogP contribution in [0.25, 0.3) is 0 Å². The van der Waals surface area contributed by atoms with Gasteiger partial charge in [0.2, 0.25) is 0 Å². The summed E-state index contributed by atoms with van der Waals surface area (Å²) in [6, 6.07) is 15.4. The molecule has 0 saturated heterocycles. The van der Waals surface area contributed by atoms with Crippen molar-refractivity contribution >= 4 is 5.78 Å². The van der Waals surface area contributed by atoms with E-state index in [1.54, 1.807) is 6.07 Å². The number of ketones is 1. The van der Waals surface area contributed by atoms with Gasteiger partial charge in [-0.25, -0.2) is 0 Å². The second-order valence-electron chi connectivity index (χ2n) is 4.61. The summed E-state index contributed by atoms with van der Waals surface area (Å²) in [6.45, 7) is 2.56. The van der Waals surface area contributed by atoms with Gasteiger partial charge in [0.1, 0.15) is 19.0 Å². The molecule has 3 heteroatoms. The maximum absolute atomic E-state index is 11.7. The van der Waals surface area contributed by atoms with E-state index in [1.165, 1.54) is 7.11 Å². The standard InChI is InChI=1S/C17H18O3/c1-13-10-15(16(18)12-19-2)8-9-17(13)20-11-14-6-4-3-5-7-14/h3-10H,11-12H2,1-2H3. The van der Waals surface area contributed by atoms with Crippen LogP contribution in [-0.4, -0.2) is 19.5 Å². The van der Waals surface area contributed by atoms with Gasteiger partial charge in [0, 0.05) is 12.7 Å². The summed E-state index contributed by atoms with van der Waals surface area (Å²) in [5.74, 6) is 0.771. The van der Waals surface area contributed by atoms with Gasteiger partial charge in [0.05, 0.1) is 0 Å². The summed E-state index contributed by atoms with van der Waals surface area (Å²) in [4.78, 5) is 11.7. The number of ether oxygens (including phenoxy) is 2. The van der Waals surface area contributed by atoms with E-state index in [1.807, 2.05) is 49.4 Å². The summed E-state index contributed by atoms with van der Waals surface area (Å²) in [7, 11) is 1.52. The lowest BCUT2D eigenvalue weighted by Gasteiger charge is -2.10. The van der Waals surface area contributed by atoms with E-state index in [-0.39, 0.29) is 12.4 Å². The largest absolute Gasteiger partial charge is 0.489 e. The topological polar surface area (TPSA) is 35.5 Å². The van der Waals surface area contributed by atoms with Crippen LogP contribution in [0.5, 0.6) is 5.75 Å². The Kier molecular flexibility index (Phi) is 4.91. The minimum atomic E-state index is -0.0230. The van der Waals surface area contributed by atoms with Crippen LogP contribution in [0, 0.1) is 6.92 Å². The van der Waals surface area contributed by atoms with Crippen LogP contribution >= 0.6 is 0 Å². The first-order valence-electron chi connectivity index (χ1n) is 6.50. The molecule has 0 bridgehead atoms. The number of carbonyl (C=O) groups is 1. The predicted molar refractivity (Wildman–Crippen MR) is 78.2 cm³/mol. The van der Waals surface area contributed by atoms with E-state index in [0.717, 1.165) is 16.9 Å². The van der Waals surface area contributed by atoms with E-state index < -0.39 is 0 Å². The number of carbonyl (C=O) groups excluding carboxylic acids is 1. The number of hydrogen-bond acceptors (Lipinski definition) is 3. The Morgan fingerprint density at radius 2 is 1.85 bits per heavy atom. The quantitative estimate of drug-likeness (QED) is 0.755. The summed E-state index contributed by atoms with van der Waals surface area (Å²) >= 11 is 0. The molecule has 20 heavy (non-hydrogen) atoms. The third-order valence-corrected chi connectivity index (χ3v) is 3.01. The predicted octanol–water partition coefficient (Wildman–Crippen LogP) is 3.40. The summed E-state index contributed by atoms with van der Waals surface area (Å²) in [6.07, 6.45) is 0. The molecular weight excluding hydrogens is 252 g/mol. The molecule has 0 spiro atoms. The fraction of sp³-hybridized carbons (Fsp3) is 0.235. The lowest BCUT2D eigenvalue weighted by atomic mass is 10.1. The van der Waals surface area contributed by atoms with E-state index in [9.17, 15) is 4.79 Å². The van der Waals surface area contributed by atoms with Gasteiger partial charge in [-0.2, -0.15) is 0 Å². The summed E-state index contributed by atoms with van der Waals surface area (Å²) < 4.78 is 10.6. The zero-order chi connectivity index (χ0) is 14.4. The molecule has 0 atom stereocenters. The highest BCUT2D eigenvalue weighted by Gasteiger charge is 2.08. The number of hydrogen-bond donors (Lipinski definition) is 0. The highest BCUT2D eigenvalue weighted by Crippen LogP contribution is 2.20. The Bertz CT molecular complexity index is 576. The molecule has 0 aliphatic carbocycles. The molecule has 0 amide bonds. The highest BCUT2D eigenvalue weighted by atomic mass is 16.5. The minimum Gasteiger partial charge on any atom is -0.489 e. The molecule has 0 aliphatic rings. The lowest BCUT2D eigenvalue weighted by Crippen LogP contribution is -2.07. The number of aryl methyl sites for hydroxylation is 1. The van der Waals surface area contributed by atoms with Crippen LogP contribution in [0.4, 0.5) is 0 Å². The molecular formula is C17H18O3. The van der Waals surface area contributed by atoms with Gasteiger partial charge in [-0.15, -0.1) is 0 Å². The van der Waals surface area contributed by atoms with Crippen LogP contribution in [0.15, 0.2) is 48.5 Å². The second kappa shape index (κ2) is 6.87. The Morgan fingerprint density at radius 3 is 2.50 bits per heavy atom. The minimum absolute atomic E-state index is 0.0230. The molecule has 0 fully saturated rings. The van der Waals surface area contributed by atoms with Crippen molar-refractivity contribution < 1.29 is 14.3 Å². The molecule has 2 rings (SSSR count). The Labute approximate surface area is 119 Å². The van der Waals surface area contributed by atoms with Crippen molar-refractivity contribution in [2.45, 2.75) is 13.5 Å². The van der Waals surface area contributed by atoms with E-state index >= 15 is 0 Å². The molecule has 0 saturated carbocycles. The Hall–Kier alpha value is -2.13. The molecule has 0 radical (unpaired) electrons. The average molecular weight is 270 g/mol. The van der Waals surface area contributed by atoms with E-state index in [2.05, 4.69) is 0 Å². The fourth-order valence-corrected chi connectivity index (χ4v) is 1.93. The molecule has 0 unspecified atom stereocenters. The molecule has 0 aromatic heterocycles. The van der Waals surface area contributed by atoms with Gasteiger partial charge >= 0.3 is 0 Å². The first-order valence-corrected chi connectivity index (χ1v) is 6.50. The van der Waals surface area contributed by atoms with Crippen LogP contribution in [0.3, 0.4) is 0 Å². The van der Waals surface area contributed by atoms with Gasteiger partial charge in [-0.1, -0.05) is 30.3 Å². The number of methoxy groups -OCH3 is 1. The van der Waals surface area contributed by atoms with Crippen molar-refractivity contribution in [1.82, 2.24) is 0 Å². The van der Waals surface area contributed by atoms with E-state index in [4.69, 9.17) is 9.47 Å². The van der Waals surface area contributed by atoms with Gasteiger partial charge in [-0.05, 0) is 36.2 Å².